The highest BCUT2D eigenvalue weighted by molar-refractivity contribution is 5.92. The lowest BCUT2D eigenvalue weighted by Crippen LogP contribution is -2.27. The van der Waals surface area contributed by atoms with Crippen LogP contribution in [0.5, 0.6) is 0 Å². The maximum Gasteiger partial charge on any atom is 0.332 e. The molecule has 5 nitrogen and oxygen atoms in total. The van der Waals surface area contributed by atoms with E-state index in [-0.39, 0.29) is 0 Å². The number of nitrogens with one attached hydrogen (secondary N) is 1. The smallest absolute Gasteiger partial charge is 0.332 e. The van der Waals surface area contributed by atoms with Gasteiger partial charge in [0.25, 0.3) is 5.91 Å². The van der Waals surface area contributed by atoms with E-state index in [4.69, 9.17) is 5.11 Å². The first-order chi connectivity index (χ1) is 8.41. The van der Waals surface area contributed by atoms with Gasteiger partial charge >= 0.3 is 5.97 Å². The minimum absolute atomic E-state index is 0.589. The first-order valence-electron chi connectivity index (χ1n) is 5.00. The Morgan fingerprint density at radius 2 is 1.94 bits per heavy atom. The molecule has 1 aromatic carbocycles. The van der Waals surface area contributed by atoms with Crippen LogP contribution in [-0.4, -0.2) is 29.7 Å². The van der Waals surface area contributed by atoms with Crippen molar-refractivity contribution in [1.29, 1.82) is 0 Å². The molecule has 98 valence electrons. The van der Waals surface area contributed by atoms with Crippen LogP contribution >= 0.6 is 0 Å². The summed E-state index contributed by atoms with van der Waals surface area (Å²) in [5.74, 6) is -3.92. The Labute approximate surface area is 101 Å². The molecule has 0 fully saturated rings. The van der Waals surface area contributed by atoms with E-state index in [9.17, 15) is 18.4 Å². The Morgan fingerprint density at radius 3 is 2.44 bits per heavy atom. The number of hydrogen-bond donors (Lipinski definition) is 2. The molecule has 0 unspecified atom stereocenters. The van der Waals surface area contributed by atoms with Crippen molar-refractivity contribution in [3.63, 3.8) is 0 Å². The van der Waals surface area contributed by atoms with E-state index in [1.165, 1.54) is 6.92 Å². The molecule has 18 heavy (non-hydrogen) atoms. The number of halogens is 2. The summed E-state index contributed by atoms with van der Waals surface area (Å²) in [6.45, 7) is 0.626. The van der Waals surface area contributed by atoms with Gasteiger partial charge in [-0.15, -0.1) is 0 Å². The van der Waals surface area contributed by atoms with Crippen LogP contribution in [0.4, 0.5) is 14.5 Å². The van der Waals surface area contributed by atoms with Crippen molar-refractivity contribution in [2.24, 2.45) is 0 Å². The van der Waals surface area contributed by atoms with Crippen LogP contribution in [-0.2, 0) is 14.3 Å². The van der Waals surface area contributed by atoms with Crippen LogP contribution in [0.25, 0.3) is 0 Å². The molecule has 0 heterocycles. The van der Waals surface area contributed by atoms with Crippen molar-refractivity contribution in [2.75, 3.05) is 11.9 Å². The molecular weight excluding hydrogens is 248 g/mol. The number of para-hydroxylation sites is 1. The van der Waals surface area contributed by atoms with Gasteiger partial charge in [-0.3, -0.25) is 4.79 Å². The fraction of sp³-hybridized carbons (Fsp3) is 0.273. The molecule has 0 aromatic heterocycles. The first kappa shape index (κ1) is 14.0. The SMILES string of the molecule is C[C@H](OCC(=O)Nc1c(F)cccc1F)C(=O)O. The molecular formula is C11H11F2NO4. The number of benzene rings is 1. The summed E-state index contributed by atoms with van der Waals surface area (Å²) in [6.07, 6.45) is -1.18. The lowest BCUT2D eigenvalue weighted by atomic mass is 10.3. The number of carboxylic acids is 1. The Bertz CT molecular complexity index is 444. The third-order valence-corrected chi connectivity index (χ3v) is 2.04. The van der Waals surface area contributed by atoms with Crippen molar-refractivity contribution in [2.45, 2.75) is 13.0 Å². The fourth-order valence-electron chi connectivity index (χ4n) is 1.06. The number of carbonyl (C=O) groups is 2. The normalized spacial score (nSPS) is 11.9. The highest BCUT2D eigenvalue weighted by Crippen LogP contribution is 2.17. The molecule has 0 aliphatic rings. The van der Waals surface area contributed by atoms with Gasteiger partial charge in [0.15, 0.2) is 6.10 Å². The van der Waals surface area contributed by atoms with Crippen LogP contribution in [0, 0.1) is 11.6 Å². The van der Waals surface area contributed by atoms with Crippen LogP contribution in [0.15, 0.2) is 18.2 Å². The topological polar surface area (TPSA) is 75.6 Å². The minimum atomic E-state index is -1.24. The summed E-state index contributed by atoms with van der Waals surface area (Å²) < 4.78 is 31.0. The fourth-order valence-corrected chi connectivity index (χ4v) is 1.06. The molecule has 1 rings (SSSR count). The summed E-state index contributed by atoms with van der Waals surface area (Å²) in [5, 5.41) is 10.5. The molecule has 7 heteroatoms. The van der Waals surface area contributed by atoms with Gasteiger partial charge in [-0.05, 0) is 19.1 Å². The van der Waals surface area contributed by atoms with E-state index in [2.05, 4.69) is 4.74 Å². The van der Waals surface area contributed by atoms with Crippen LogP contribution in [0.2, 0.25) is 0 Å². The quantitative estimate of drug-likeness (QED) is 0.837. The maximum atomic E-state index is 13.1. The average Bonchev–Trinajstić information content (AvgIpc) is 2.30. The Kier molecular flexibility index (Phi) is 4.73. The summed E-state index contributed by atoms with van der Waals surface area (Å²) in [7, 11) is 0. The molecule has 0 bridgehead atoms. The van der Waals surface area contributed by atoms with E-state index < -0.39 is 41.9 Å². The van der Waals surface area contributed by atoms with Crippen molar-refractivity contribution >= 4 is 17.6 Å². The maximum absolute atomic E-state index is 13.1. The summed E-state index contributed by atoms with van der Waals surface area (Å²) >= 11 is 0. The van der Waals surface area contributed by atoms with E-state index in [0.29, 0.717) is 0 Å². The average molecular weight is 259 g/mol. The molecule has 1 atom stereocenters. The van der Waals surface area contributed by atoms with Gasteiger partial charge in [-0.25, -0.2) is 13.6 Å². The molecule has 1 aromatic rings. The molecule has 2 N–H and O–H groups in total. The summed E-state index contributed by atoms with van der Waals surface area (Å²) in [4.78, 5) is 21.7. The summed E-state index contributed by atoms with van der Waals surface area (Å²) in [5.41, 5.74) is -0.589. The number of carboxylic acid groups (broad SMARTS) is 1. The Balaban J connectivity index is 2.58. The molecule has 1 amide bonds. The monoisotopic (exact) mass is 259 g/mol. The zero-order valence-electron chi connectivity index (χ0n) is 9.44. The highest BCUT2D eigenvalue weighted by atomic mass is 19.1. The predicted octanol–water partition coefficient (Wildman–Crippen LogP) is 1.39. The highest BCUT2D eigenvalue weighted by Gasteiger charge is 2.15. The lowest BCUT2D eigenvalue weighted by Gasteiger charge is -2.10. The van der Waals surface area contributed by atoms with Crippen molar-refractivity contribution in [3.05, 3.63) is 29.8 Å². The van der Waals surface area contributed by atoms with E-state index >= 15 is 0 Å². The van der Waals surface area contributed by atoms with Gasteiger partial charge in [0.2, 0.25) is 0 Å². The molecule has 0 aliphatic heterocycles. The van der Waals surface area contributed by atoms with E-state index in [1.807, 2.05) is 5.32 Å². The molecule has 0 radical (unpaired) electrons. The second-order valence-corrected chi connectivity index (χ2v) is 3.44. The standard InChI is InChI=1S/C11H11F2NO4/c1-6(11(16)17)18-5-9(15)14-10-7(12)3-2-4-8(10)13/h2-4,6H,5H2,1H3,(H,14,15)(H,16,17)/t6-/m0/s1. The number of carbonyl (C=O) groups excluding carboxylic acids is 1. The van der Waals surface area contributed by atoms with Gasteiger partial charge in [0.05, 0.1) is 0 Å². The molecule has 0 saturated heterocycles. The van der Waals surface area contributed by atoms with Gasteiger partial charge in [-0.1, -0.05) is 6.07 Å². The van der Waals surface area contributed by atoms with Crippen molar-refractivity contribution < 1.29 is 28.2 Å². The van der Waals surface area contributed by atoms with Crippen molar-refractivity contribution in [3.8, 4) is 0 Å². The Hall–Kier alpha value is -2.02. The minimum Gasteiger partial charge on any atom is -0.479 e. The number of rotatable bonds is 5. The van der Waals surface area contributed by atoms with Gasteiger partial charge in [0.1, 0.15) is 23.9 Å². The van der Waals surface area contributed by atoms with Crippen molar-refractivity contribution in [1.82, 2.24) is 0 Å². The first-order valence-corrected chi connectivity index (χ1v) is 5.00. The number of ether oxygens (including phenoxy) is 1. The lowest BCUT2D eigenvalue weighted by molar-refractivity contribution is -0.150. The third kappa shape index (κ3) is 3.77. The zero-order chi connectivity index (χ0) is 13.7. The van der Waals surface area contributed by atoms with Crippen LogP contribution < -0.4 is 5.32 Å². The van der Waals surface area contributed by atoms with Gasteiger partial charge in [0, 0.05) is 0 Å². The van der Waals surface area contributed by atoms with Gasteiger partial charge < -0.3 is 15.2 Å². The van der Waals surface area contributed by atoms with Crippen LogP contribution in [0.1, 0.15) is 6.92 Å². The van der Waals surface area contributed by atoms with Gasteiger partial charge in [-0.2, -0.15) is 0 Å². The largest absolute Gasteiger partial charge is 0.479 e. The Morgan fingerprint density at radius 1 is 1.39 bits per heavy atom. The summed E-state index contributed by atoms with van der Waals surface area (Å²) in [6, 6.07) is 3.13. The van der Waals surface area contributed by atoms with E-state index in [0.717, 1.165) is 18.2 Å². The van der Waals surface area contributed by atoms with Crippen LogP contribution in [0.3, 0.4) is 0 Å². The second-order valence-electron chi connectivity index (χ2n) is 3.44. The molecule has 0 saturated carbocycles. The molecule has 0 aliphatic carbocycles. The van der Waals surface area contributed by atoms with E-state index in [1.54, 1.807) is 0 Å². The predicted molar refractivity (Wildman–Crippen MR) is 58.0 cm³/mol. The second kappa shape index (κ2) is 6.06. The number of hydrogen-bond acceptors (Lipinski definition) is 3. The molecule has 0 spiro atoms. The third-order valence-electron chi connectivity index (χ3n) is 2.04. The zero-order valence-corrected chi connectivity index (χ0v) is 9.44. The number of anilines is 1. The number of aliphatic carboxylic acids is 1. The number of amides is 1.